The van der Waals surface area contributed by atoms with Crippen molar-refractivity contribution in [2.45, 2.75) is 91.6 Å². The topological polar surface area (TPSA) is 99.1 Å². The number of carboxylic acid groups (broad SMARTS) is 1. The Labute approximate surface area is 240 Å². The van der Waals surface area contributed by atoms with Gasteiger partial charge >= 0.3 is 11.8 Å². The Morgan fingerprint density at radius 2 is 1.76 bits per heavy atom. The summed E-state index contributed by atoms with van der Waals surface area (Å²) in [5.41, 5.74) is 4.92. The predicted octanol–water partition coefficient (Wildman–Crippen LogP) is 7.13. The predicted molar refractivity (Wildman–Crippen MR) is 154 cm³/mol. The molecular weight excluding hydrogens is 527 g/mol. The maximum atomic E-state index is 14.1. The fourth-order valence-corrected chi connectivity index (χ4v) is 5.57. The largest absolute Gasteiger partial charge is 0.519 e. The summed E-state index contributed by atoms with van der Waals surface area (Å²) in [5, 5.41) is 9.71. The molecule has 41 heavy (non-hydrogen) atoms. The minimum Gasteiger partial charge on any atom is -0.481 e. The normalized spacial score (nSPS) is 21.0. The van der Waals surface area contributed by atoms with E-state index in [0.717, 1.165) is 27.8 Å². The molecule has 0 radical (unpaired) electrons. The van der Waals surface area contributed by atoms with Crippen molar-refractivity contribution in [1.29, 1.82) is 0 Å². The quantitative estimate of drug-likeness (QED) is 0.325. The fourth-order valence-electron chi connectivity index (χ4n) is 5.57. The van der Waals surface area contributed by atoms with Gasteiger partial charge in [0.1, 0.15) is 5.82 Å². The van der Waals surface area contributed by atoms with Crippen molar-refractivity contribution < 1.29 is 32.6 Å². The Kier molecular flexibility index (Phi) is 8.48. The number of aliphatic carboxylic acids is 1. The standard InChI is InChI=1S/C33H39FO7/c1-18-13-19(2)22(23(14-18)21-9-11-25(34)20(3)15-21)10-12-26-24(27(17-29(35)36)41-33(7,8)40-26)16-28-30(32(4,5)6)39-31(37)38-28/h9-15,24,26-27H,16-17H2,1-8H3,(H,35,36)/t24?,26-,27+/m1/s1. The number of halogens is 1. The van der Waals surface area contributed by atoms with Crippen molar-refractivity contribution in [2.75, 3.05) is 0 Å². The number of benzene rings is 2. The average Bonchev–Trinajstić information content (AvgIpc) is 3.21. The van der Waals surface area contributed by atoms with Crippen LogP contribution in [0.5, 0.6) is 0 Å². The highest BCUT2D eigenvalue weighted by molar-refractivity contribution is 5.78. The first-order valence-electron chi connectivity index (χ1n) is 13.8. The van der Waals surface area contributed by atoms with Gasteiger partial charge in [-0.05, 0) is 74.6 Å². The van der Waals surface area contributed by atoms with Crippen LogP contribution in [0.25, 0.3) is 17.2 Å². The second-order valence-corrected chi connectivity index (χ2v) is 12.4. The Hall–Kier alpha value is -3.49. The van der Waals surface area contributed by atoms with Gasteiger partial charge in [-0.25, -0.2) is 9.18 Å². The van der Waals surface area contributed by atoms with Gasteiger partial charge in [-0.3, -0.25) is 4.79 Å². The lowest BCUT2D eigenvalue weighted by atomic mass is 9.83. The summed E-state index contributed by atoms with van der Waals surface area (Å²) in [7, 11) is 0. The number of rotatable bonds is 7. The van der Waals surface area contributed by atoms with Gasteiger partial charge in [0, 0.05) is 17.8 Å². The molecule has 1 N–H and O–H groups in total. The van der Waals surface area contributed by atoms with Gasteiger partial charge in [-0.1, -0.05) is 56.7 Å². The molecule has 3 atom stereocenters. The van der Waals surface area contributed by atoms with E-state index >= 15 is 0 Å². The molecule has 0 saturated carbocycles. The van der Waals surface area contributed by atoms with Crippen LogP contribution in [0.2, 0.25) is 0 Å². The number of ether oxygens (including phenoxy) is 2. The van der Waals surface area contributed by atoms with Gasteiger partial charge in [0.2, 0.25) is 0 Å². The smallest absolute Gasteiger partial charge is 0.481 e. The molecule has 4 rings (SSSR count). The highest BCUT2D eigenvalue weighted by Gasteiger charge is 2.44. The summed E-state index contributed by atoms with van der Waals surface area (Å²) < 4.78 is 37.4. The summed E-state index contributed by atoms with van der Waals surface area (Å²) in [5.74, 6) is -2.88. The second kappa shape index (κ2) is 11.4. The highest BCUT2D eigenvalue weighted by atomic mass is 19.1. The van der Waals surface area contributed by atoms with Crippen LogP contribution in [0.3, 0.4) is 0 Å². The summed E-state index contributed by atoms with van der Waals surface area (Å²) >= 11 is 0. The SMILES string of the molecule is Cc1cc(C)c(C=C[C@H]2OC(C)(C)O[C@@H](CC(=O)O)C2Cc2oc(=O)oc2C(C)(C)C)c(-c2ccc(F)c(C)c2)c1. The van der Waals surface area contributed by atoms with Crippen molar-refractivity contribution in [3.8, 4) is 11.1 Å². The summed E-state index contributed by atoms with van der Waals surface area (Å²) in [4.78, 5) is 24.0. The lowest BCUT2D eigenvalue weighted by Crippen LogP contribution is -2.51. The number of hydrogen-bond acceptors (Lipinski definition) is 6. The van der Waals surface area contributed by atoms with E-state index in [1.807, 2.05) is 52.8 Å². The monoisotopic (exact) mass is 566 g/mol. The molecule has 1 aliphatic heterocycles. The Morgan fingerprint density at radius 1 is 1.05 bits per heavy atom. The van der Waals surface area contributed by atoms with Crippen molar-refractivity contribution in [3.63, 3.8) is 0 Å². The molecule has 0 spiro atoms. The van der Waals surface area contributed by atoms with Crippen molar-refractivity contribution in [3.05, 3.63) is 86.6 Å². The van der Waals surface area contributed by atoms with E-state index in [2.05, 4.69) is 12.1 Å². The molecule has 1 aliphatic rings. The molecule has 7 nitrogen and oxygen atoms in total. The fraction of sp³-hybridized carbons (Fsp3) is 0.455. The van der Waals surface area contributed by atoms with Crippen molar-refractivity contribution >= 4 is 12.0 Å². The summed E-state index contributed by atoms with van der Waals surface area (Å²) in [6, 6.07) is 9.21. The third-order valence-electron chi connectivity index (χ3n) is 7.33. The van der Waals surface area contributed by atoms with E-state index in [9.17, 15) is 19.1 Å². The van der Waals surface area contributed by atoms with Gasteiger partial charge in [0.05, 0.1) is 18.6 Å². The van der Waals surface area contributed by atoms with Crippen LogP contribution in [-0.4, -0.2) is 29.1 Å². The molecule has 2 aromatic carbocycles. The van der Waals surface area contributed by atoms with Gasteiger partial charge in [-0.15, -0.1) is 0 Å². The number of hydrogen-bond donors (Lipinski definition) is 1. The van der Waals surface area contributed by atoms with Gasteiger partial charge < -0.3 is 23.4 Å². The molecule has 8 heteroatoms. The zero-order chi connectivity index (χ0) is 30.3. The molecule has 1 aromatic heterocycles. The molecule has 220 valence electrons. The minimum atomic E-state index is -1.06. The Balaban J connectivity index is 1.80. The van der Waals surface area contributed by atoms with Crippen LogP contribution in [0, 0.1) is 32.5 Å². The highest BCUT2D eigenvalue weighted by Crippen LogP contribution is 2.38. The zero-order valence-corrected chi connectivity index (χ0v) is 25.0. The molecule has 1 saturated heterocycles. The molecule has 0 aliphatic carbocycles. The number of carbonyl (C=O) groups is 1. The van der Waals surface area contributed by atoms with Crippen LogP contribution in [-0.2, 0) is 26.1 Å². The van der Waals surface area contributed by atoms with Crippen LogP contribution < -0.4 is 5.82 Å². The lowest BCUT2D eigenvalue weighted by molar-refractivity contribution is -0.311. The van der Waals surface area contributed by atoms with E-state index in [0.29, 0.717) is 17.1 Å². The molecule has 0 amide bonds. The van der Waals surface area contributed by atoms with E-state index in [1.165, 1.54) is 6.07 Å². The Bertz CT molecular complexity index is 1520. The minimum absolute atomic E-state index is 0.179. The number of carboxylic acids is 1. The van der Waals surface area contributed by atoms with Gasteiger partial charge in [0.25, 0.3) is 0 Å². The van der Waals surface area contributed by atoms with Gasteiger partial charge in [-0.2, -0.15) is 0 Å². The van der Waals surface area contributed by atoms with E-state index in [1.54, 1.807) is 26.8 Å². The maximum absolute atomic E-state index is 14.1. The first kappa shape index (κ1) is 30.5. The maximum Gasteiger partial charge on any atom is 0.519 e. The average molecular weight is 567 g/mol. The van der Waals surface area contributed by atoms with Crippen LogP contribution >= 0.6 is 0 Å². The van der Waals surface area contributed by atoms with Crippen LogP contribution in [0.4, 0.5) is 4.39 Å². The summed E-state index contributed by atoms with van der Waals surface area (Å²) in [6.07, 6.45) is 2.50. The molecule has 2 heterocycles. The number of aryl methyl sites for hydroxylation is 3. The molecule has 1 fully saturated rings. The van der Waals surface area contributed by atoms with Crippen molar-refractivity contribution in [2.24, 2.45) is 5.92 Å². The Morgan fingerprint density at radius 3 is 2.39 bits per heavy atom. The summed E-state index contributed by atoms with van der Waals surface area (Å²) in [6.45, 7) is 15.0. The third-order valence-corrected chi connectivity index (χ3v) is 7.33. The van der Waals surface area contributed by atoms with E-state index in [4.69, 9.17) is 18.3 Å². The van der Waals surface area contributed by atoms with Crippen LogP contribution in [0.1, 0.15) is 74.8 Å². The van der Waals surface area contributed by atoms with Crippen molar-refractivity contribution in [1.82, 2.24) is 0 Å². The van der Waals surface area contributed by atoms with E-state index < -0.39 is 41.1 Å². The lowest BCUT2D eigenvalue weighted by Gasteiger charge is -2.45. The molecule has 3 aromatic rings. The van der Waals surface area contributed by atoms with Crippen LogP contribution in [0.15, 0.2) is 50.0 Å². The first-order valence-corrected chi connectivity index (χ1v) is 13.8. The van der Waals surface area contributed by atoms with Gasteiger partial charge in [0.15, 0.2) is 17.3 Å². The first-order chi connectivity index (χ1) is 19.0. The molecule has 1 unspecified atom stereocenters. The zero-order valence-electron chi connectivity index (χ0n) is 25.0. The molecular formula is C33H39FO7. The second-order valence-electron chi connectivity index (χ2n) is 12.4. The molecule has 0 bridgehead atoms. The third kappa shape index (κ3) is 7.05. The van der Waals surface area contributed by atoms with E-state index in [-0.39, 0.29) is 18.7 Å².